The van der Waals surface area contributed by atoms with Gasteiger partial charge in [-0.2, -0.15) is 0 Å². The highest BCUT2D eigenvalue weighted by Gasteiger charge is 2.25. The van der Waals surface area contributed by atoms with Crippen molar-refractivity contribution >= 4 is 23.6 Å². The molecular weight excluding hydrogens is 446 g/mol. The van der Waals surface area contributed by atoms with Gasteiger partial charge in [-0.05, 0) is 48.4 Å². The molecule has 0 bridgehead atoms. The van der Waals surface area contributed by atoms with E-state index in [1.165, 1.54) is 28.5 Å². The Morgan fingerprint density at radius 3 is 2.76 bits per heavy atom. The number of hydrogen-bond acceptors (Lipinski definition) is 6. The SMILES string of the molecule is CCc1ccccc1-n1c(SCC(=O)N[C@@H]2CCCc3ccccc32)nnc1N1CCOCC1. The summed E-state index contributed by atoms with van der Waals surface area (Å²) < 4.78 is 7.65. The number of hydrogen-bond donors (Lipinski definition) is 1. The van der Waals surface area contributed by atoms with E-state index < -0.39 is 0 Å². The highest BCUT2D eigenvalue weighted by atomic mass is 32.2. The van der Waals surface area contributed by atoms with Crippen LogP contribution in [0.25, 0.3) is 5.69 Å². The quantitative estimate of drug-likeness (QED) is 0.520. The van der Waals surface area contributed by atoms with Crippen LogP contribution in [0.5, 0.6) is 0 Å². The van der Waals surface area contributed by atoms with Gasteiger partial charge in [-0.3, -0.25) is 9.36 Å². The van der Waals surface area contributed by atoms with E-state index in [9.17, 15) is 4.79 Å². The Morgan fingerprint density at radius 2 is 1.91 bits per heavy atom. The molecule has 2 heterocycles. The molecule has 178 valence electrons. The fourth-order valence-electron chi connectivity index (χ4n) is 4.83. The maximum absolute atomic E-state index is 13.0. The first-order valence-corrected chi connectivity index (χ1v) is 13.1. The monoisotopic (exact) mass is 477 g/mol. The van der Waals surface area contributed by atoms with Crippen molar-refractivity contribution < 1.29 is 9.53 Å². The van der Waals surface area contributed by atoms with E-state index in [0.717, 1.165) is 55.6 Å². The largest absolute Gasteiger partial charge is 0.378 e. The first kappa shape index (κ1) is 22.9. The van der Waals surface area contributed by atoms with Crippen LogP contribution in [0.4, 0.5) is 5.95 Å². The van der Waals surface area contributed by atoms with Gasteiger partial charge in [-0.15, -0.1) is 10.2 Å². The summed E-state index contributed by atoms with van der Waals surface area (Å²) >= 11 is 1.44. The van der Waals surface area contributed by atoms with Crippen molar-refractivity contribution in [3.8, 4) is 5.69 Å². The molecule has 1 atom stereocenters. The van der Waals surface area contributed by atoms with Crippen molar-refractivity contribution in [2.24, 2.45) is 0 Å². The Hall–Kier alpha value is -2.84. The zero-order chi connectivity index (χ0) is 23.3. The van der Waals surface area contributed by atoms with E-state index >= 15 is 0 Å². The maximum Gasteiger partial charge on any atom is 0.232 e. The number of morpholine rings is 1. The van der Waals surface area contributed by atoms with Gasteiger partial charge in [-0.25, -0.2) is 0 Å². The lowest BCUT2D eigenvalue weighted by Crippen LogP contribution is -2.38. The van der Waals surface area contributed by atoms with Crippen molar-refractivity contribution in [1.29, 1.82) is 0 Å². The van der Waals surface area contributed by atoms with E-state index in [1.807, 2.05) is 6.07 Å². The Bertz CT molecular complexity index is 1140. The number of thioether (sulfide) groups is 1. The van der Waals surface area contributed by atoms with E-state index in [2.05, 4.69) is 74.4 Å². The third kappa shape index (κ3) is 4.83. The van der Waals surface area contributed by atoms with Crippen LogP contribution in [0, 0.1) is 0 Å². The molecule has 0 spiro atoms. The van der Waals surface area contributed by atoms with E-state index in [-0.39, 0.29) is 11.9 Å². The summed E-state index contributed by atoms with van der Waals surface area (Å²) in [7, 11) is 0. The van der Waals surface area contributed by atoms with Crippen molar-refractivity contribution in [3.05, 3.63) is 65.2 Å². The minimum absolute atomic E-state index is 0.0259. The third-order valence-corrected chi connectivity index (χ3v) is 7.49. The molecule has 0 radical (unpaired) electrons. The van der Waals surface area contributed by atoms with Gasteiger partial charge in [0.15, 0.2) is 5.16 Å². The lowest BCUT2D eigenvalue weighted by atomic mass is 9.88. The highest BCUT2D eigenvalue weighted by Crippen LogP contribution is 2.31. The van der Waals surface area contributed by atoms with Gasteiger partial charge in [0.05, 0.1) is 30.7 Å². The fraction of sp³-hybridized carbons (Fsp3) is 0.423. The van der Waals surface area contributed by atoms with Crippen molar-refractivity contribution in [2.75, 3.05) is 37.0 Å². The number of aromatic nitrogens is 3. The predicted octanol–water partition coefficient (Wildman–Crippen LogP) is 3.95. The maximum atomic E-state index is 13.0. The zero-order valence-corrected chi connectivity index (χ0v) is 20.4. The summed E-state index contributed by atoms with van der Waals surface area (Å²) in [6, 6.07) is 16.9. The van der Waals surface area contributed by atoms with E-state index in [0.29, 0.717) is 19.0 Å². The van der Waals surface area contributed by atoms with Crippen molar-refractivity contribution in [2.45, 2.75) is 43.8 Å². The number of benzene rings is 2. The zero-order valence-electron chi connectivity index (χ0n) is 19.6. The Kier molecular flexibility index (Phi) is 7.16. The number of nitrogens with one attached hydrogen (secondary N) is 1. The van der Waals surface area contributed by atoms with E-state index in [1.54, 1.807) is 0 Å². The van der Waals surface area contributed by atoms with Crippen molar-refractivity contribution in [3.63, 3.8) is 0 Å². The number of nitrogens with zero attached hydrogens (tertiary/aromatic N) is 4. The molecule has 8 heteroatoms. The Morgan fingerprint density at radius 1 is 1.12 bits per heavy atom. The van der Waals surface area contributed by atoms with Crippen LogP contribution in [-0.2, 0) is 22.4 Å². The first-order chi connectivity index (χ1) is 16.7. The van der Waals surface area contributed by atoms with Crippen LogP contribution >= 0.6 is 11.8 Å². The number of carbonyl (C=O) groups excluding carboxylic acids is 1. The summed E-state index contributed by atoms with van der Waals surface area (Å²) in [6.45, 7) is 5.06. The molecule has 1 saturated heterocycles. The van der Waals surface area contributed by atoms with Crippen LogP contribution in [0.3, 0.4) is 0 Å². The topological polar surface area (TPSA) is 72.3 Å². The molecule has 1 fully saturated rings. The summed E-state index contributed by atoms with van der Waals surface area (Å²) in [4.78, 5) is 15.2. The molecule has 34 heavy (non-hydrogen) atoms. The molecule has 3 aromatic rings. The van der Waals surface area contributed by atoms with Gasteiger partial charge in [0.2, 0.25) is 11.9 Å². The number of aryl methyl sites for hydroxylation is 2. The molecule has 1 N–H and O–H groups in total. The molecular formula is C26H31N5O2S. The Labute approximate surface area is 204 Å². The molecule has 0 unspecified atom stereocenters. The second-order valence-corrected chi connectivity index (χ2v) is 9.64. The van der Waals surface area contributed by atoms with Crippen LogP contribution in [0.1, 0.15) is 42.5 Å². The average Bonchev–Trinajstić information content (AvgIpc) is 3.32. The minimum atomic E-state index is 0.0259. The molecule has 1 aromatic heterocycles. The lowest BCUT2D eigenvalue weighted by molar-refractivity contribution is -0.119. The number of ether oxygens (including phenoxy) is 1. The number of fused-ring (bicyclic) bond motifs is 1. The number of carbonyl (C=O) groups is 1. The summed E-state index contributed by atoms with van der Waals surface area (Å²) in [6.07, 6.45) is 4.07. The van der Waals surface area contributed by atoms with Crippen LogP contribution in [0.15, 0.2) is 53.7 Å². The fourth-order valence-corrected chi connectivity index (χ4v) is 5.58. The molecule has 5 rings (SSSR count). The van der Waals surface area contributed by atoms with Gasteiger partial charge >= 0.3 is 0 Å². The van der Waals surface area contributed by atoms with Gasteiger partial charge in [0.1, 0.15) is 0 Å². The molecule has 0 saturated carbocycles. The lowest BCUT2D eigenvalue weighted by Gasteiger charge is -2.28. The van der Waals surface area contributed by atoms with E-state index in [4.69, 9.17) is 4.74 Å². The van der Waals surface area contributed by atoms with Crippen LogP contribution < -0.4 is 10.2 Å². The number of anilines is 1. The normalized spacial score (nSPS) is 17.9. The molecule has 2 aromatic carbocycles. The molecule has 1 aliphatic carbocycles. The number of rotatable bonds is 7. The Balaban J connectivity index is 1.36. The standard InChI is InChI=1S/C26H31N5O2S/c1-2-19-8-4-6-13-23(19)31-25(30-14-16-33-17-15-30)28-29-26(31)34-18-24(32)27-22-12-7-10-20-9-3-5-11-21(20)22/h3-6,8-9,11,13,22H,2,7,10,12,14-18H2,1H3,(H,27,32)/t22-/m1/s1. The van der Waals surface area contributed by atoms with Crippen LogP contribution in [0.2, 0.25) is 0 Å². The van der Waals surface area contributed by atoms with Crippen molar-refractivity contribution in [1.82, 2.24) is 20.1 Å². The average molecular weight is 478 g/mol. The number of amides is 1. The van der Waals surface area contributed by atoms with Crippen LogP contribution in [-0.4, -0.2) is 52.7 Å². The highest BCUT2D eigenvalue weighted by molar-refractivity contribution is 7.99. The first-order valence-electron chi connectivity index (χ1n) is 12.1. The second kappa shape index (κ2) is 10.6. The molecule has 1 aliphatic heterocycles. The van der Waals surface area contributed by atoms with Gasteiger partial charge in [0.25, 0.3) is 0 Å². The minimum Gasteiger partial charge on any atom is -0.378 e. The summed E-state index contributed by atoms with van der Waals surface area (Å²) in [5.41, 5.74) is 4.89. The summed E-state index contributed by atoms with van der Waals surface area (Å²) in [5, 5.41) is 13.0. The second-order valence-electron chi connectivity index (χ2n) is 8.70. The molecule has 1 amide bonds. The van der Waals surface area contributed by atoms with Gasteiger partial charge in [-0.1, -0.05) is 61.2 Å². The number of para-hydroxylation sites is 1. The predicted molar refractivity (Wildman–Crippen MR) is 135 cm³/mol. The van der Waals surface area contributed by atoms with Gasteiger partial charge in [0, 0.05) is 13.1 Å². The van der Waals surface area contributed by atoms with Gasteiger partial charge < -0.3 is 15.0 Å². The summed E-state index contributed by atoms with van der Waals surface area (Å²) in [5.74, 6) is 1.14. The molecule has 2 aliphatic rings. The third-order valence-electron chi connectivity index (χ3n) is 6.56. The molecule has 7 nitrogen and oxygen atoms in total. The smallest absolute Gasteiger partial charge is 0.232 e.